The summed E-state index contributed by atoms with van der Waals surface area (Å²) in [6.45, 7) is 4.17. The summed E-state index contributed by atoms with van der Waals surface area (Å²) in [5.41, 5.74) is 0. The molecule has 416 valence electrons. The van der Waals surface area contributed by atoms with Crippen molar-refractivity contribution in [1.82, 2.24) is 5.32 Å². The predicted octanol–water partition coefficient (Wildman–Crippen LogP) is 20.7. The van der Waals surface area contributed by atoms with Gasteiger partial charge < -0.3 is 15.5 Å². The molecule has 0 heterocycles. The molecule has 0 aliphatic rings. The molecule has 0 rings (SSSR count). The van der Waals surface area contributed by atoms with Crippen molar-refractivity contribution in [3.8, 4) is 0 Å². The van der Waals surface area contributed by atoms with Crippen LogP contribution >= 0.6 is 0 Å². The van der Waals surface area contributed by atoms with Gasteiger partial charge in [0.1, 0.15) is 0 Å². The molecule has 0 bridgehead atoms. The van der Waals surface area contributed by atoms with Crippen molar-refractivity contribution in [2.75, 3.05) is 6.61 Å². The van der Waals surface area contributed by atoms with Gasteiger partial charge in [-0.3, -0.25) is 4.79 Å². The van der Waals surface area contributed by atoms with E-state index in [2.05, 4.69) is 177 Å². The summed E-state index contributed by atoms with van der Waals surface area (Å²) in [5, 5.41) is 23.1. The fourth-order valence-electron chi connectivity index (χ4n) is 8.10. The van der Waals surface area contributed by atoms with Gasteiger partial charge in [-0.15, -0.1) is 0 Å². The van der Waals surface area contributed by atoms with Crippen molar-refractivity contribution in [1.29, 1.82) is 0 Å². The lowest BCUT2D eigenvalue weighted by Crippen LogP contribution is -2.45. The maximum absolute atomic E-state index is 12.5. The van der Waals surface area contributed by atoms with Crippen LogP contribution in [0.1, 0.15) is 245 Å². The van der Waals surface area contributed by atoms with E-state index < -0.39 is 12.1 Å². The molecule has 0 aromatic rings. The van der Waals surface area contributed by atoms with Crippen LogP contribution in [-0.2, 0) is 4.79 Å². The SMILES string of the molecule is CC/C=C\C/C=C\C/C=C\C/C=C\C/C=C\C/C=C\C/C=C\C/C=C\C/C=C\C/C=C\C/C=C\CCCCCCCC(=O)NC(CO)C(O)/C=C/CC/C=C/CC/C=C/CCCCCCCCCCCCCCC. The van der Waals surface area contributed by atoms with E-state index in [9.17, 15) is 15.0 Å². The average Bonchev–Trinajstić information content (AvgIpc) is 3.40. The number of hydrogen-bond donors (Lipinski definition) is 3. The van der Waals surface area contributed by atoms with Gasteiger partial charge in [-0.05, 0) is 128 Å². The Hall–Kier alpha value is -4.25. The van der Waals surface area contributed by atoms with Crippen molar-refractivity contribution in [2.45, 2.75) is 257 Å². The van der Waals surface area contributed by atoms with Gasteiger partial charge in [0.05, 0.1) is 18.8 Å². The molecule has 0 aliphatic heterocycles. The van der Waals surface area contributed by atoms with Crippen LogP contribution in [0, 0.1) is 0 Å². The average molecular weight is 1020 g/mol. The number of carbonyl (C=O) groups excluding carboxylic acids is 1. The fourth-order valence-corrected chi connectivity index (χ4v) is 8.10. The Kier molecular flexibility index (Phi) is 59.4. The maximum Gasteiger partial charge on any atom is 0.220 e. The molecule has 2 unspecified atom stereocenters. The van der Waals surface area contributed by atoms with E-state index in [0.29, 0.717) is 6.42 Å². The van der Waals surface area contributed by atoms with E-state index in [-0.39, 0.29) is 12.5 Å². The highest BCUT2D eigenvalue weighted by Crippen LogP contribution is 2.14. The van der Waals surface area contributed by atoms with Crippen LogP contribution in [0.2, 0.25) is 0 Å². The van der Waals surface area contributed by atoms with Crippen molar-refractivity contribution in [3.63, 3.8) is 0 Å². The summed E-state index contributed by atoms with van der Waals surface area (Å²) >= 11 is 0. The number of carbonyl (C=O) groups is 1. The van der Waals surface area contributed by atoms with E-state index in [0.717, 1.165) is 128 Å². The van der Waals surface area contributed by atoms with Gasteiger partial charge in [0.2, 0.25) is 5.91 Å². The first kappa shape index (κ1) is 69.8. The minimum atomic E-state index is -0.892. The second-order valence-corrected chi connectivity index (χ2v) is 19.7. The van der Waals surface area contributed by atoms with Crippen LogP contribution in [0.15, 0.2) is 170 Å². The van der Waals surface area contributed by atoms with Gasteiger partial charge in [0.25, 0.3) is 0 Å². The molecule has 0 aromatic carbocycles. The summed E-state index contributed by atoms with van der Waals surface area (Å²) in [6.07, 6.45) is 102. The standard InChI is InChI=1S/C70H113NO3/c1-3-5-7-9-11-13-15-17-19-21-23-25-27-28-29-30-31-32-33-34-35-36-37-38-39-40-41-42-44-46-48-50-52-54-56-58-60-62-64-66-70(74)71-68(67-72)69(73)65-63-61-59-57-55-53-51-49-47-45-43-26-24-22-20-18-16-14-12-10-8-6-4-2/h5,7,11,13,17,19,23,25,28-29,31-32,34-35,37-38,40-41,44,46-47,49-50,52,55,57,63,65,68-69,72-73H,3-4,6,8-10,12,14-16,18,20-22,24,26-27,30,33,36,39,42-43,45,48,51,53-54,56,58-62,64,66-67H2,1-2H3,(H,71,74)/b7-5-,13-11-,19-17-,25-23-,29-28-,32-31-,35-34-,38-37-,41-40-,46-44-,49-47+,52-50-,57-55+,65-63+. The lowest BCUT2D eigenvalue weighted by Gasteiger charge is -2.19. The van der Waals surface area contributed by atoms with Gasteiger partial charge in [-0.1, -0.05) is 280 Å². The minimum Gasteiger partial charge on any atom is -0.394 e. The van der Waals surface area contributed by atoms with Crippen LogP contribution in [0.3, 0.4) is 0 Å². The Morgan fingerprint density at radius 2 is 0.608 bits per heavy atom. The number of amides is 1. The third-order valence-corrected chi connectivity index (χ3v) is 12.7. The number of aliphatic hydroxyl groups is 2. The minimum absolute atomic E-state index is 0.103. The summed E-state index contributed by atoms with van der Waals surface area (Å²) in [5.74, 6) is -0.103. The van der Waals surface area contributed by atoms with E-state index in [4.69, 9.17) is 0 Å². The van der Waals surface area contributed by atoms with Crippen LogP contribution in [0.5, 0.6) is 0 Å². The van der Waals surface area contributed by atoms with Crippen molar-refractivity contribution in [2.24, 2.45) is 0 Å². The zero-order valence-electron chi connectivity index (χ0n) is 47.8. The topological polar surface area (TPSA) is 69.6 Å². The second kappa shape index (κ2) is 63.0. The van der Waals surface area contributed by atoms with Gasteiger partial charge in [0, 0.05) is 6.42 Å². The van der Waals surface area contributed by atoms with Crippen LogP contribution in [0.25, 0.3) is 0 Å². The Labute approximate surface area is 458 Å². The normalized spacial score (nSPS) is 14.1. The molecule has 4 nitrogen and oxygen atoms in total. The predicted molar refractivity (Wildman–Crippen MR) is 331 cm³/mol. The number of unbranched alkanes of at least 4 members (excludes halogenated alkanes) is 20. The quantitative estimate of drug-likeness (QED) is 0.0420. The molecule has 0 saturated carbocycles. The van der Waals surface area contributed by atoms with Crippen molar-refractivity contribution in [3.05, 3.63) is 170 Å². The van der Waals surface area contributed by atoms with Gasteiger partial charge in [0.15, 0.2) is 0 Å². The van der Waals surface area contributed by atoms with Crippen LogP contribution in [-0.4, -0.2) is 34.9 Å². The Morgan fingerprint density at radius 3 is 0.946 bits per heavy atom. The highest BCUT2D eigenvalue weighted by atomic mass is 16.3. The van der Waals surface area contributed by atoms with E-state index in [1.807, 2.05) is 6.08 Å². The molecule has 0 fully saturated rings. The largest absolute Gasteiger partial charge is 0.394 e. The number of hydrogen-bond acceptors (Lipinski definition) is 3. The lowest BCUT2D eigenvalue weighted by molar-refractivity contribution is -0.123. The number of aliphatic hydroxyl groups excluding tert-OH is 2. The lowest BCUT2D eigenvalue weighted by atomic mass is 10.0. The number of rotatable bonds is 53. The molecule has 0 spiro atoms. The highest BCUT2D eigenvalue weighted by molar-refractivity contribution is 5.76. The Balaban J connectivity index is 3.72. The van der Waals surface area contributed by atoms with Crippen molar-refractivity contribution >= 4 is 5.91 Å². The number of nitrogens with one attached hydrogen (secondary N) is 1. The summed E-state index contributed by atoms with van der Waals surface area (Å²) in [4.78, 5) is 12.5. The first-order valence-electron chi connectivity index (χ1n) is 30.3. The number of allylic oxidation sites excluding steroid dienone is 27. The third kappa shape index (κ3) is 58.6. The van der Waals surface area contributed by atoms with Gasteiger partial charge in [-0.2, -0.15) is 0 Å². The third-order valence-electron chi connectivity index (χ3n) is 12.7. The zero-order valence-corrected chi connectivity index (χ0v) is 47.8. The molecular weight excluding hydrogens is 903 g/mol. The summed E-state index contributed by atoms with van der Waals surface area (Å²) in [6, 6.07) is -0.670. The monoisotopic (exact) mass is 1020 g/mol. The molecular formula is C70H113NO3. The van der Waals surface area contributed by atoms with Crippen molar-refractivity contribution < 1.29 is 15.0 Å². The molecule has 0 saturated heterocycles. The molecule has 0 radical (unpaired) electrons. The molecule has 2 atom stereocenters. The van der Waals surface area contributed by atoms with E-state index in [1.54, 1.807) is 6.08 Å². The molecule has 74 heavy (non-hydrogen) atoms. The van der Waals surface area contributed by atoms with Crippen LogP contribution in [0.4, 0.5) is 0 Å². The Bertz CT molecular complexity index is 1620. The second-order valence-electron chi connectivity index (χ2n) is 19.7. The summed E-state index contributed by atoms with van der Waals surface area (Å²) < 4.78 is 0. The highest BCUT2D eigenvalue weighted by Gasteiger charge is 2.17. The molecule has 1 amide bonds. The zero-order chi connectivity index (χ0) is 53.4. The van der Waals surface area contributed by atoms with E-state index in [1.165, 1.54) is 96.3 Å². The Morgan fingerprint density at radius 1 is 0.338 bits per heavy atom. The van der Waals surface area contributed by atoms with Gasteiger partial charge >= 0.3 is 0 Å². The smallest absolute Gasteiger partial charge is 0.220 e. The first-order valence-corrected chi connectivity index (χ1v) is 30.3. The molecule has 3 N–H and O–H groups in total. The van der Waals surface area contributed by atoms with E-state index >= 15 is 0 Å². The van der Waals surface area contributed by atoms with Crippen LogP contribution < -0.4 is 5.32 Å². The first-order chi connectivity index (χ1) is 36.7. The molecule has 0 aromatic heterocycles. The molecule has 4 heteroatoms. The summed E-state index contributed by atoms with van der Waals surface area (Å²) in [7, 11) is 0. The fraction of sp³-hybridized carbons (Fsp3) is 0.586. The maximum atomic E-state index is 12.5. The van der Waals surface area contributed by atoms with Gasteiger partial charge in [-0.25, -0.2) is 0 Å². The molecule has 0 aliphatic carbocycles.